The van der Waals surface area contributed by atoms with Crippen molar-refractivity contribution in [2.45, 2.75) is 26.3 Å². The smallest absolute Gasteiger partial charge is 0.293 e. The second-order valence-corrected chi connectivity index (χ2v) is 7.71. The Balaban J connectivity index is 1.57. The van der Waals surface area contributed by atoms with E-state index in [-0.39, 0.29) is 35.5 Å². The first-order valence-electron chi connectivity index (χ1n) is 9.42. The van der Waals surface area contributed by atoms with Gasteiger partial charge in [-0.1, -0.05) is 19.1 Å². The summed E-state index contributed by atoms with van der Waals surface area (Å²) < 4.78 is 18.3. The number of hydrogen-bond donors (Lipinski definition) is 1. The summed E-state index contributed by atoms with van der Waals surface area (Å²) in [5.41, 5.74) is 1.22. The zero-order chi connectivity index (χ0) is 21.7. The molecule has 2 aromatic carbocycles. The van der Waals surface area contributed by atoms with Gasteiger partial charge in [0.1, 0.15) is 11.6 Å². The Labute approximate surface area is 178 Å². The van der Waals surface area contributed by atoms with E-state index in [0.717, 1.165) is 17.3 Å². The van der Waals surface area contributed by atoms with Gasteiger partial charge in [-0.15, -0.1) is 0 Å². The first-order chi connectivity index (χ1) is 14.4. The van der Waals surface area contributed by atoms with E-state index >= 15 is 0 Å². The van der Waals surface area contributed by atoms with Crippen LogP contribution in [0.25, 0.3) is 6.08 Å². The van der Waals surface area contributed by atoms with E-state index < -0.39 is 0 Å². The van der Waals surface area contributed by atoms with Gasteiger partial charge in [-0.05, 0) is 73.1 Å². The van der Waals surface area contributed by atoms with Crippen molar-refractivity contribution in [3.8, 4) is 5.75 Å². The van der Waals surface area contributed by atoms with Crippen LogP contribution in [0.5, 0.6) is 5.75 Å². The van der Waals surface area contributed by atoms with Crippen LogP contribution in [0.4, 0.5) is 14.9 Å². The predicted molar refractivity (Wildman–Crippen MR) is 115 cm³/mol. The van der Waals surface area contributed by atoms with Crippen molar-refractivity contribution in [3.63, 3.8) is 0 Å². The number of halogens is 1. The number of hydrogen-bond acceptors (Lipinski definition) is 5. The molecule has 1 N–H and O–H groups in total. The van der Waals surface area contributed by atoms with Crippen molar-refractivity contribution < 1.29 is 23.5 Å². The van der Waals surface area contributed by atoms with Crippen molar-refractivity contribution in [3.05, 3.63) is 64.8 Å². The van der Waals surface area contributed by atoms with Crippen molar-refractivity contribution in [2.75, 3.05) is 11.9 Å². The summed E-state index contributed by atoms with van der Waals surface area (Å²) in [6.45, 7) is 3.57. The molecule has 1 saturated heterocycles. The Bertz CT molecular complexity index is 974. The third-order valence-corrected chi connectivity index (χ3v) is 5.41. The molecular formula is C22H21FN2O4S. The van der Waals surface area contributed by atoms with Crippen LogP contribution < -0.4 is 10.1 Å². The van der Waals surface area contributed by atoms with E-state index in [2.05, 4.69) is 5.32 Å². The summed E-state index contributed by atoms with van der Waals surface area (Å²) in [6, 6.07) is 12.1. The number of amides is 3. The van der Waals surface area contributed by atoms with Crippen LogP contribution in [-0.2, 0) is 9.59 Å². The quantitative estimate of drug-likeness (QED) is 0.648. The molecule has 3 rings (SSSR count). The number of rotatable bonds is 7. The van der Waals surface area contributed by atoms with Crippen LogP contribution in [0.1, 0.15) is 25.8 Å². The third-order valence-electron chi connectivity index (χ3n) is 4.53. The lowest BCUT2D eigenvalue weighted by molar-refractivity contribution is -0.124. The van der Waals surface area contributed by atoms with E-state index in [1.807, 2.05) is 13.8 Å². The van der Waals surface area contributed by atoms with Crippen LogP contribution in [0.2, 0.25) is 0 Å². The molecule has 1 fully saturated rings. The molecule has 3 amide bonds. The van der Waals surface area contributed by atoms with Crippen LogP contribution in [0.15, 0.2) is 53.4 Å². The first kappa shape index (κ1) is 21.6. The predicted octanol–water partition coefficient (Wildman–Crippen LogP) is 4.68. The molecule has 1 heterocycles. The Morgan fingerprint density at radius 1 is 1.17 bits per heavy atom. The highest BCUT2D eigenvalue weighted by Crippen LogP contribution is 2.34. The lowest BCUT2D eigenvalue weighted by atomic mass is 10.2. The SMILES string of the molecule is CC[C@@H](C)N1C(=O)S/C(=C/c2ccc(OCC(=O)Nc3ccc(F)cc3)cc2)C1=O. The lowest BCUT2D eigenvalue weighted by Crippen LogP contribution is -2.36. The number of benzene rings is 2. The van der Waals surface area contributed by atoms with Gasteiger partial charge in [-0.25, -0.2) is 4.39 Å². The molecular weight excluding hydrogens is 407 g/mol. The molecule has 2 aromatic rings. The number of ether oxygens (including phenoxy) is 1. The maximum atomic E-state index is 12.9. The van der Waals surface area contributed by atoms with Crippen LogP contribution in [0, 0.1) is 5.82 Å². The minimum absolute atomic E-state index is 0.139. The van der Waals surface area contributed by atoms with Gasteiger partial charge < -0.3 is 10.1 Å². The number of nitrogens with one attached hydrogen (secondary N) is 1. The van der Waals surface area contributed by atoms with E-state index in [9.17, 15) is 18.8 Å². The van der Waals surface area contributed by atoms with Gasteiger partial charge in [0, 0.05) is 11.7 Å². The minimum Gasteiger partial charge on any atom is -0.484 e. The Hall–Kier alpha value is -3.13. The topological polar surface area (TPSA) is 75.7 Å². The van der Waals surface area contributed by atoms with Gasteiger partial charge >= 0.3 is 0 Å². The molecule has 8 heteroatoms. The van der Waals surface area contributed by atoms with Crippen molar-refractivity contribution in [1.82, 2.24) is 4.90 Å². The number of anilines is 1. The highest BCUT2D eigenvalue weighted by atomic mass is 32.2. The molecule has 1 atom stereocenters. The molecule has 30 heavy (non-hydrogen) atoms. The van der Waals surface area contributed by atoms with Gasteiger partial charge in [0.05, 0.1) is 4.91 Å². The molecule has 156 valence electrons. The fraction of sp³-hybridized carbons (Fsp3) is 0.227. The number of nitrogens with zero attached hydrogens (tertiary/aromatic N) is 1. The molecule has 1 aliphatic rings. The Morgan fingerprint density at radius 2 is 1.83 bits per heavy atom. The molecule has 0 saturated carbocycles. The summed E-state index contributed by atoms with van der Waals surface area (Å²) >= 11 is 0.931. The minimum atomic E-state index is -0.381. The largest absolute Gasteiger partial charge is 0.484 e. The molecule has 1 aliphatic heterocycles. The lowest BCUT2D eigenvalue weighted by Gasteiger charge is -2.19. The monoisotopic (exact) mass is 428 g/mol. The molecule has 0 radical (unpaired) electrons. The average molecular weight is 428 g/mol. The second kappa shape index (κ2) is 9.58. The number of carbonyl (C=O) groups excluding carboxylic acids is 3. The zero-order valence-electron chi connectivity index (χ0n) is 16.6. The summed E-state index contributed by atoms with van der Waals surface area (Å²) in [5.74, 6) is -0.551. The van der Waals surface area contributed by atoms with Crippen LogP contribution >= 0.6 is 11.8 Å². The van der Waals surface area contributed by atoms with Crippen molar-refractivity contribution in [1.29, 1.82) is 0 Å². The summed E-state index contributed by atoms with van der Waals surface area (Å²) in [5, 5.41) is 2.35. The molecule has 0 unspecified atom stereocenters. The summed E-state index contributed by atoms with van der Waals surface area (Å²) in [4.78, 5) is 38.1. The van der Waals surface area contributed by atoms with E-state index in [1.165, 1.54) is 29.2 Å². The molecule has 0 spiro atoms. The van der Waals surface area contributed by atoms with E-state index in [0.29, 0.717) is 22.8 Å². The third kappa shape index (κ3) is 5.27. The number of thioether (sulfide) groups is 1. The van der Waals surface area contributed by atoms with Gasteiger partial charge in [0.25, 0.3) is 17.1 Å². The molecule has 0 aromatic heterocycles. The Morgan fingerprint density at radius 3 is 2.47 bits per heavy atom. The summed E-state index contributed by atoms with van der Waals surface area (Å²) in [7, 11) is 0. The van der Waals surface area contributed by atoms with Crippen LogP contribution in [0.3, 0.4) is 0 Å². The van der Waals surface area contributed by atoms with Gasteiger partial charge in [-0.3, -0.25) is 19.3 Å². The highest BCUT2D eigenvalue weighted by Gasteiger charge is 2.37. The Kier molecular flexibility index (Phi) is 6.89. The first-order valence-corrected chi connectivity index (χ1v) is 10.2. The standard InChI is InChI=1S/C22H21FN2O4S/c1-3-14(2)25-21(27)19(30-22(25)28)12-15-4-10-18(11-5-15)29-13-20(26)24-17-8-6-16(23)7-9-17/h4-12,14H,3,13H2,1-2H3,(H,24,26)/b19-12+/t14-/m1/s1. The maximum absolute atomic E-state index is 12.9. The molecule has 0 bridgehead atoms. The number of carbonyl (C=O) groups is 3. The molecule has 0 aliphatic carbocycles. The van der Waals surface area contributed by atoms with Gasteiger partial charge in [0.2, 0.25) is 0 Å². The van der Waals surface area contributed by atoms with Crippen molar-refractivity contribution >= 4 is 40.6 Å². The van der Waals surface area contributed by atoms with E-state index in [4.69, 9.17) is 4.74 Å². The molecule has 6 nitrogen and oxygen atoms in total. The van der Waals surface area contributed by atoms with Gasteiger partial charge in [0.15, 0.2) is 6.61 Å². The normalized spacial score (nSPS) is 16.1. The summed E-state index contributed by atoms with van der Waals surface area (Å²) in [6.07, 6.45) is 2.37. The fourth-order valence-corrected chi connectivity index (χ4v) is 3.66. The average Bonchev–Trinajstić information content (AvgIpc) is 3.01. The number of imide groups is 1. The van der Waals surface area contributed by atoms with E-state index in [1.54, 1.807) is 30.3 Å². The maximum Gasteiger partial charge on any atom is 0.293 e. The second-order valence-electron chi connectivity index (χ2n) is 6.72. The van der Waals surface area contributed by atoms with Crippen molar-refractivity contribution in [2.24, 2.45) is 0 Å². The fourth-order valence-electron chi connectivity index (χ4n) is 2.73. The van der Waals surface area contributed by atoms with Gasteiger partial charge in [-0.2, -0.15) is 0 Å². The highest BCUT2D eigenvalue weighted by molar-refractivity contribution is 8.18. The zero-order valence-corrected chi connectivity index (χ0v) is 17.4. The van der Waals surface area contributed by atoms with Crippen LogP contribution in [-0.4, -0.2) is 34.6 Å².